The molecule has 0 saturated heterocycles. The predicted octanol–water partition coefficient (Wildman–Crippen LogP) is 0.814. The first-order valence-corrected chi connectivity index (χ1v) is 5.16. The van der Waals surface area contributed by atoms with Crippen LogP contribution in [0.15, 0.2) is 18.5 Å². The molecule has 1 aromatic heterocycles. The van der Waals surface area contributed by atoms with Crippen LogP contribution in [0.25, 0.3) is 10.9 Å². The van der Waals surface area contributed by atoms with E-state index in [2.05, 4.69) is 26.0 Å². The Labute approximate surface area is 122 Å². The first kappa shape index (κ1) is 12.7. The van der Waals surface area contributed by atoms with Gasteiger partial charge in [-0.3, -0.25) is 0 Å². The van der Waals surface area contributed by atoms with Crippen molar-refractivity contribution in [2.75, 3.05) is 0 Å². The Balaban J connectivity index is 0.000000980. The van der Waals surface area contributed by atoms with E-state index in [1.165, 1.54) is 6.33 Å². The molecule has 0 aliphatic carbocycles. The van der Waals surface area contributed by atoms with Gasteiger partial charge in [0.15, 0.2) is 0 Å². The van der Waals surface area contributed by atoms with Crippen molar-refractivity contribution in [3.05, 3.63) is 28.5 Å². The summed E-state index contributed by atoms with van der Waals surface area (Å²) >= 11 is 14.2. The van der Waals surface area contributed by atoms with Gasteiger partial charge in [0.2, 0.25) is 0 Å². The Morgan fingerprint density at radius 2 is 1.86 bits per heavy atom. The molecule has 0 radical (unpaired) electrons. The minimum absolute atomic E-state index is 0. The molecule has 6 heteroatoms. The van der Waals surface area contributed by atoms with Crippen LogP contribution < -0.4 is 4.59 Å². The molecule has 1 heterocycles. The van der Waals surface area contributed by atoms with Gasteiger partial charge in [-0.2, -0.15) is 0 Å². The number of nitrogens with zero attached hydrogens (tertiary/aromatic N) is 2. The molecule has 0 unspecified atom stereocenters. The van der Waals surface area contributed by atoms with Crippen molar-refractivity contribution >= 4 is 84.3 Å². The second-order valence-corrected chi connectivity index (χ2v) is 4.21. The van der Waals surface area contributed by atoms with E-state index in [-0.39, 0.29) is 29.6 Å². The number of rotatable bonds is 0. The van der Waals surface area contributed by atoms with Crippen molar-refractivity contribution in [1.29, 1.82) is 0 Å². The number of hydrogen-bond acceptors (Lipinski definition) is 2. The Morgan fingerprint density at radius 3 is 2.57 bits per heavy atom. The second kappa shape index (κ2) is 5.13. The average Bonchev–Trinajstić information content (AvgIpc) is 2.07. The van der Waals surface area contributed by atoms with Crippen LogP contribution in [-0.4, -0.2) is 55.5 Å². The Hall–Kier alpha value is 0.659. The molecule has 0 N–H and O–H groups in total. The molecule has 0 atom stereocenters. The molecule has 0 spiro atoms. The van der Waals surface area contributed by atoms with E-state index in [0.717, 1.165) is 15.5 Å². The van der Waals surface area contributed by atoms with Crippen LogP contribution in [0.2, 0.25) is 10.0 Å². The average molecular weight is 302 g/mol. The van der Waals surface area contributed by atoms with Crippen molar-refractivity contribution in [1.82, 2.24) is 9.97 Å². The molecule has 1 aromatic carbocycles. The Morgan fingerprint density at radius 1 is 1.14 bits per heavy atom. The first-order chi connectivity index (χ1) is 6.18. The van der Waals surface area contributed by atoms with Crippen LogP contribution in [0.4, 0.5) is 0 Å². The Kier molecular flexibility index (Phi) is 4.66. The predicted molar refractivity (Wildman–Crippen MR) is 63.5 cm³/mol. The van der Waals surface area contributed by atoms with E-state index in [4.69, 9.17) is 23.2 Å². The molecule has 0 bridgehead atoms. The molecule has 2 rings (SSSR count). The van der Waals surface area contributed by atoms with E-state index < -0.39 is 0 Å². The zero-order valence-corrected chi connectivity index (χ0v) is 9.72. The number of benzene rings is 1. The standard InChI is InChI=1S/C8H4Cl2N2Se.Na.H/c9-4-1-5-7(6(10)2-4)11-3-12-8(5)13;;/h1-3H,(H,11,12,13);;. The molecule has 0 saturated carbocycles. The molecule has 0 fully saturated rings. The van der Waals surface area contributed by atoms with Crippen LogP contribution in [0.1, 0.15) is 0 Å². The molecule has 0 aliphatic rings. The van der Waals surface area contributed by atoms with E-state index >= 15 is 0 Å². The quantitative estimate of drug-likeness (QED) is 0.673. The Bertz CT molecular complexity index is 478. The van der Waals surface area contributed by atoms with Gasteiger partial charge in [-0.15, -0.1) is 0 Å². The van der Waals surface area contributed by atoms with E-state index in [9.17, 15) is 0 Å². The summed E-state index contributed by atoms with van der Waals surface area (Å²) in [5.74, 6) is 0. The van der Waals surface area contributed by atoms with E-state index in [1.54, 1.807) is 12.1 Å². The van der Waals surface area contributed by atoms with Gasteiger partial charge < -0.3 is 0 Å². The van der Waals surface area contributed by atoms with Crippen LogP contribution in [0, 0.1) is 0 Å². The van der Waals surface area contributed by atoms with Gasteiger partial charge in [0.25, 0.3) is 0 Å². The van der Waals surface area contributed by atoms with Crippen molar-refractivity contribution in [2.24, 2.45) is 0 Å². The summed E-state index contributed by atoms with van der Waals surface area (Å²) < 4.78 is 0.821. The van der Waals surface area contributed by atoms with Gasteiger partial charge in [0.05, 0.1) is 0 Å². The zero-order chi connectivity index (χ0) is 9.42. The maximum atomic E-state index is 5.95. The van der Waals surface area contributed by atoms with Gasteiger partial charge in [-0.05, 0) is 0 Å². The van der Waals surface area contributed by atoms with Gasteiger partial charge in [0, 0.05) is 0 Å². The van der Waals surface area contributed by atoms with Gasteiger partial charge in [0.1, 0.15) is 0 Å². The molecular formula is C8H5Cl2N2NaSe. The number of halogens is 2. The molecule has 0 amide bonds. The summed E-state index contributed by atoms with van der Waals surface area (Å²) in [6, 6.07) is 3.47. The van der Waals surface area contributed by atoms with Gasteiger partial charge in [-0.25, -0.2) is 0 Å². The monoisotopic (exact) mass is 302 g/mol. The minimum atomic E-state index is 0. The fourth-order valence-electron chi connectivity index (χ4n) is 1.08. The van der Waals surface area contributed by atoms with Gasteiger partial charge >= 0.3 is 123 Å². The van der Waals surface area contributed by atoms with Crippen LogP contribution in [0.3, 0.4) is 0 Å². The summed E-state index contributed by atoms with van der Waals surface area (Å²) in [5.41, 5.74) is 0.733. The summed E-state index contributed by atoms with van der Waals surface area (Å²) in [4.78, 5) is 8.10. The molecular weight excluding hydrogens is 297 g/mol. The summed E-state index contributed by atoms with van der Waals surface area (Å²) in [6.07, 6.45) is 1.48. The third kappa shape index (κ3) is 2.42. The number of aromatic nitrogens is 2. The summed E-state index contributed by atoms with van der Waals surface area (Å²) in [5, 5.41) is 2.02. The SMILES string of the molecule is Clc1cc(Cl)c2ncnc([SeH])c2c1.[NaH]. The van der Waals surface area contributed by atoms with E-state index in [0.29, 0.717) is 10.0 Å². The number of hydrogen-bond donors (Lipinski definition) is 0. The molecule has 14 heavy (non-hydrogen) atoms. The van der Waals surface area contributed by atoms with Crippen molar-refractivity contribution in [3.63, 3.8) is 0 Å². The molecule has 2 nitrogen and oxygen atoms in total. The normalized spacial score (nSPS) is 9.93. The van der Waals surface area contributed by atoms with Crippen LogP contribution in [-0.2, 0) is 0 Å². The van der Waals surface area contributed by atoms with Crippen molar-refractivity contribution in [2.45, 2.75) is 0 Å². The van der Waals surface area contributed by atoms with Crippen LogP contribution in [0.5, 0.6) is 0 Å². The van der Waals surface area contributed by atoms with Gasteiger partial charge in [-0.1, -0.05) is 0 Å². The van der Waals surface area contributed by atoms with E-state index in [1.807, 2.05) is 0 Å². The second-order valence-electron chi connectivity index (χ2n) is 2.48. The topological polar surface area (TPSA) is 25.8 Å². The summed E-state index contributed by atoms with van der Waals surface area (Å²) in [7, 11) is 0. The van der Waals surface area contributed by atoms with Crippen molar-refractivity contribution in [3.8, 4) is 0 Å². The molecule has 0 aliphatic heterocycles. The molecule has 68 valence electrons. The number of fused-ring (bicyclic) bond motifs is 1. The zero-order valence-electron chi connectivity index (χ0n) is 6.33. The van der Waals surface area contributed by atoms with Crippen LogP contribution >= 0.6 is 23.2 Å². The molecule has 2 aromatic rings. The third-order valence-corrected chi connectivity index (χ3v) is 2.89. The third-order valence-electron chi connectivity index (χ3n) is 1.64. The van der Waals surface area contributed by atoms with Crippen molar-refractivity contribution < 1.29 is 0 Å². The fraction of sp³-hybridized carbons (Fsp3) is 0. The first-order valence-electron chi connectivity index (χ1n) is 3.47. The fourth-order valence-corrected chi connectivity index (χ4v) is 2.09. The maximum absolute atomic E-state index is 5.95. The summed E-state index contributed by atoms with van der Waals surface area (Å²) in [6.45, 7) is 0.